The van der Waals surface area contributed by atoms with E-state index in [0.29, 0.717) is 22.7 Å². The highest BCUT2D eigenvalue weighted by Gasteiger charge is 2.14. The first-order valence-electron chi connectivity index (χ1n) is 6.23. The summed E-state index contributed by atoms with van der Waals surface area (Å²) in [7, 11) is 3.10. The lowest BCUT2D eigenvalue weighted by Crippen LogP contribution is -2.06. The Labute approximate surface area is 118 Å². The maximum absolute atomic E-state index is 12.4. The zero-order valence-corrected chi connectivity index (χ0v) is 11.6. The Hall–Kier alpha value is -2.49. The first-order valence-corrected chi connectivity index (χ1v) is 6.23. The minimum atomic E-state index is -0.0358. The maximum atomic E-state index is 12.4. The van der Waals surface area contributed by atoms with Gasteiger partial charge in [-0.25, -0.2) is 0 Å². The van der Waals surface area contributed by atoms with Gasteiger partial charge in [-0.05, 0) is 35.9 Å². The molecule has 0 heterocycles. The van der Waals surface area contributed by atoms with Crippen LogP contribution in [0.25, 0.3) is 0 Å². The number of nitrogen functional groups attached to an aromatic ring is 1. The molecule has 2 rings (SSSR count). The Bertz CT molecular complexity index is 623. The van der Waals surface area contributed by atoms with Gasteiger partial charge in [0, 0.05) is 12.1 Å². The van der Waals surface area contributed by atoms with Crippen molar-refractivity contribution in [2.24, 2.45) is 0 Å². The molecule has 2 aromatic carbocycles. The summed E-state index contributed by atoms with van der Waals surface area (Å²) < 4.78 is 10.4. The third kappa shape index (κ3) is 3.09. The SMILES string of the molecule is COc1ccc(OC)c(C(=O)Cc2cccc(N)c2)c1. The van der Waals surface area contributed by atoms with E-state index in [9.17, 15) is 4.79 Å². The fourth-order valence-corrected chi connectivity index (χ4v) is 2.02. The molecule has 0 aliphatic heterocycles. The Morgan fingerprint density at radius 2 is 1.90 bits per heavy atom. The Morgan fingerprint density at radius 3 is 2.55 bits per heavy atom. The van der Waals surface area contributed by atoms with E-state index in [1.54, 1.807) is 44.6 Å². The van der Waals surface area contributed by atoms with Gasteiger partial charge in [0.05, 0.1) is 19.8 Å². The van der Waals surface area contributed by atoms with E-state index in [4.69, 9.17) is 15.2 Å². The smallest absolute Gasteiger partial charge is 0.171 e. The van der Waals surface area contributed by atoms with E-state index >= 15 is 0 Å². The van der Waals surface area contributed by atoms with E-state index in [1.165, 1.54) is 0 Å². The van der Waals surface area contributed by atoms with Crippen molar-refractivity contribution in [1.82, 2.24) is 0 Å². The number of Topliss-reactive ketones (excluding diaryl/α,β-unsaturated/α-hetero) is 1. The van der Waals surface area contributed by atoms with Gasteiger partial charge in [0.15, 0.2) is 5.78 Å². The van der Waals surface area contributed by atoms with Crippen LogP contribution in [-0.4, -0.2) is 20.0 Å². The molecule has 0 radical (unpaired) electrons. The van der Waals surface area contributed by atoms with Crippen LogP contribution in [0.4, 0.5) is 5.69 Å². The quantitative estimate of drug-likeness (QED) is 0.671. The molecule has 0 spiro atoms. The van der Waals surface area contributed by atoms with Crippen molar-refractivity contribution in [2.45, 2.75) is 6.42 Å². The lowest BCUT2D eigenvalue weighted by Gasteiger charge is -2.10. The fourth-order valence-electron chi connectivity index (χ4n) is 2.02. The van der Waals surface area contributed by atoms with Crippen LogP contribution in [0, 0.1) is 0 Å². The summed E-state index contributed by atoms with van der Waals surface area (Å²) in [6.07, 6.45) is 0.272. The summed E-state index contributed by atoms with van der Waals surface area (Å²) in [5, 5.41) is 0. The molecule has 20 heavy (non-hydrogen) atoms. The van der Waals surface area contributed by atoms with Crippen LogP contribution < -0.4 is 15.2 Å². The van der Waals surface area contributed by atoms with Gasteiger partial charge in [0.1, 0.15) is 11.5 Å². The number of rotatable bonds is 5. The van der Waals surface area contributed by atoms with Gasteiger partial charge in [-0.3, -0.25) is 4.79 Å². The monoisotopic (exact) mass is 271 g/mol. The highest BCUT2D eigenvalue weighted by molar-refractivity contribution is 6.00. The number of nitrogens with two attached hydrogens (primary N) is 1. The maximum Gasteiger partial charge on any atom is 0.171 e. The zero-order valence-electron chi connectivity index (χ0n) is 11.6. The minimum absolute atomic E-state index is 0.0358. The zero-order chi connectivity index (χ0) is 14.5. The van der Waals surface area contributed by atoms with Gasteiger partial charge < -0.3 is 15.2 Å². The third-order valence-electron chi connectivity index (χ3n) is 3.02. The number of hydrogen-bond acceptors (Lipinski definition) is 4. The molecule has 0 amide bonds. The molecule has 0 aliphatic carbocycles. The topological polar surface area (TPSA) is 61.5 Å². The Kier molecular flexibility index (Phi) is 4.25. The van der Waals surface area contributed by atoms with Crippen LogP contribution in [0.5, 0.6) is 11.5 Å². The molecule has 0 saturated carbocycles. The van der Waals surface area contributed by atoms with Gasteiger partial charge >= 0.3 is 0 Å². The molecule has 4 heteroatoms. The van der Waals surface area contributed by atoms with Crippen molar-refractivity contribution >= 4 is 11.5 Å². The van der Waals surface area contributed by atoms with Crippen LogP contribution in [0.2, 0.25) is 0 Å². The van der Waals surface area contributed by atoms with Gasteiger partial charge in [-0.2, -0.15) is 0 Å². The lowest BCUT2D eigenvalue weighted by molar-refractivity contribution is 0.0989. The lowest BCUT2D eigenvalue weighted by atomic mass is 10.0. The predicted octanol–water partition coefficient (Wildman–Crippen LogP) is 2.71. The van der Waals surface area contributed by atoms with E-state index < -0.39 is 0 Å². The molecule has 0 saturated heterocycles. The second-order valence-electron chi connectivity index (χ2n) is 4.41. The van der Waals surface area contributed by atoms with E-state index in [2.05, 4.69) is 0 Å². The summed E-state index contributed by atoms with van der Waals surface area (Å²) >= 11 is 0. The van der Waals surface area contributed by atoms with E-state index in [0.717, 1.165) is 5.56 Å². The van der Waals surface area contributed by atoms with Crippen molar-refractivity contribution in [1.29, 1.82) is 0 Å². The van der Waals surface area contributed by atoms with Crippen LogP contribution >= 0.6 is 0 Å². The highest BCUT2D eigenvalue weighted by Crippen LogP contribution is 2.25. The average Bonchev–Trinajstić information content (AvgIpc) is 2.46. The van der Waals surface area contributed by atoms with Crippen LogP contribution in [0.3, 0.4) is 0 Å². The number of ketones is 1. The fraction of sp³-hybridized carbons (Fsp3) is 0.188. The Balaban J connectivity index is 2.28. The number of benzene rings is 2. The number of ether oxygens (including phenoxy) is 2. The molecule has 0 atom stereocenters. The number of carbonyl (C=O) groups excluding carboxylic acids is 1. The van der Waals surface area contributed by atoms with Crippen LogP contribution in [0.1, 0.15) is 15.9 Å². The molecule has 104 valence electrons. The standard InChI is InChI=1S/C16H17NO3/c1-19-13-6-7-16(20-2)14(10-13)15(18)9-11-4-3-5-12(17)8-11/h3-8,10H,9,17H2,1-2H3. The van der Waals surface area contributed by atoms with Gasteiger partial charge in [-0.1, -0.05) is 12.1 Å². The first kappa shape index (κ1) is 13.9. The van der Waals surface area contributed by atoms with Crippen molar-refractivity contribution in [3.05, 3.63) is 53.6 Å². The van der Waals surface area contributed by atoms with Crippen molar-refractivity contribution < 1.29 is 14.3 Å². The molecular formula is C16H17NO3. The largest absolute Gasteiger partial charge is 0.497 e. The van der Waals surface area contributed by atoms with E-state index in [-0.39, 0.29) is 12.2 Å². The molecule has 2 N–H and O–H groups in total. The average molecular weight is 271 g/mol. The summed E-state index contributed by atoms with van der Waals surface area (Å²) in [6.45, 7) is 0. The van der Waals surface area contributed by atoms with Gasteiger partial charge in [0.25, 0.3) is 0 Å². The molecule has 0 unspecified atom stereocenters. The van der Waals surface area contributed by atoms with Crippen LogP contribution in [0.15, 0.2) is 42.5 Å². The third-order valence-corrected chi connectivity index (χ3v) is 3.02. The summed E-state index contributed by atoms with van der Waals surface area (Å²) in [6, 6.07) is 12.5. The van der Waals surface area contributed by atoms with Crippen molar-refractivity contribution in [3.8, 4) is 11.5 Å². The van der Waals surface area contributed by atoms with Crippen LogP contribution in [-0.2, 0) is 6.42 Å². The Morgan fingerprint density at radius 1 is 1.10 bits per heavy atom. The molecule has 4 nitrogen and oxygen atoms in total. The molecular weight excluding hydrogens is 254 g/mol. The summed E-state index contributed by atoms with van der Waals surface area (Å²) in [5.41, 5.74) is 7.75. The second-order valence-corrected chi connectivity index (χ2v) is 4.41. The molecule has 0 aromatic heterocycles. The van der Waals surface area contributed by atoms with Crippen molar-refractivity contribution in [2.75, 3.05) is 20.0 Å². The minimum Gasteiger partial charge on any atom is -0.497 e. The van der Waals surface area contributed by atoms with E-state index in [1.807, 2.05) is 12.1 Å². The molecule has 0 aliphatic rings. The van der Waals surface area contributed by atoms with Gasteiger partial charge in [-0.15, -0.1) is 0 Å². The van der Waals surface area contributed by atoms with Crippen molar-refractivity contribution in [3.63, 3.8) is 0 Å². The highest BCUT2D eigenvalue weighted by atomic mass is 16.5. The number of anilines is 1. The summed E-state index contributed by atoms with van der Waals surface area (Å²) in [5.74, 6) is 1.13. The summed E-state index contributed by atoms with van der Waals surface area (Å²) in [4.78, 5) is 12.4. The molecule has 0 bridgehead atoms. The molecule has 0 fully saturated rings. The normalized spacial score (nSPS) is 10.1. The number of hydrogen-bond donors (Lipinski definition) is 1. The second kappa shape index (κ2) is 6.10. The number of carbonyl (C=O) groups is 1. The predicted molar refractivity (Wildman–Crippen MR) is 78.4 cm³/mol. The first-order chi connectivity index (χ1) is 9.63. The van der Waals surface area contributed by atoms with Gasteiger partial charge in [0.2, 0.25) is 0 Å². The molecule has 2 aromatic rings. The number of methoxy groups -OCH3 is 2.